The van der Waals surface area contributed by atoms with Crippen molar-refractivity contribution in [2.24, 2.45) is 0 Å². The largest absolute Gasteiger partial charge is 0.344 e. The lowest BCUT2D eigenvalue weighted by molar-refractivity contribution is 0.0928. The quantitative estimate of drug-likeness (QED) is 0.900. The zero-order chi connectivity index (χ0) is 12.4. The molecule has 0 aliphatic heterocycles. The van der Waals surface area contributed by atoms with Gasteiger partial charge in [0.2, 0.25) is 0 Å². The van der Waals surface area contributed by atoms with Gasteiger partial charge in [-0.15, -0.1) is 11.3 Å². The number of benzene rings is 1. The number of nitrogens with zero attached hydrogens (tertiary/aromatic N) is 1. The minimum Gasteiger partial charge on any atom is -0.344 e. The van der Waals surface area contributed by atoms with Gasteiger partial charge in [-0.3, -0.25) is 4.79 Å². The molecule has 0 spiro atoms. The fourth-order valence-electron chi connectivity index (χ4n) is 2.46. The van der Waals surface area contributed by atoms with Crippen LogP contribution in [0.3, 0.4) is 0 Å². The summed E-state index contributed by atoms with van der Waals surface area (Å²) >= 11 is 1.44. The van der Waals surface area contributed by atoms with E-state index in [9.17, 15) is 4.79 Å². The van der Waals surface area contributed by atoms with Crippen molar-refractivity contribution < 1.29 is 4.79 Å². The second-order valence-corrected chi connectivity index (χ2v) is 5.21. The van der Waals surface area contributed by atoms with E-state index in [0.717, 1.165) is 19.3 Å². The first-order valence-corrected chi connectivity index (χ1v) is 7.06. The van der Waals surface area contributed by atoms with E-state index in [4.69, 9.17) is 0 Å². The maximum absolute atomic E-state index is 12.0. The average Bonchev–Trinajstić information content (AvgIpc) is 2.93. The van der Waals surface area contributed by atoms with Crippen LogP contribution >= 0.6 is 11.3 Å². The van der Waals surface area contributed by atoms with E-state index in [2.05, 4.69) is 28.5 Å². The van der Waals surface area contributed by atoms with Gasteiger partial charge in [-0.2, -0.15) is 0 Å². The molecule has 0 saturated carbocycles. The van der Waals surface area contributed by atoms with E-state index >= 15 is 0 Å². The number of hydrogen-bond donors (Lipinski definition) is 1. The highest BCUT2D eigenvalue weighted by molar-refractivity contribution is 7.07. The Morgan fingerprint density at radius 1 is 1.39 bits per heavy atom. The molecule has 0 radical (unpaired) electrons. The third kappa shape index (κ3) is 2.16. The van der Waals surface area contributed by atoms with Crippen molar-refractivity contribution in [3.8, 4) is 0 Å². The van der Waals surface area contributed by atoms with Crippen molar-refractivity contribution in [2.75, 3.05) is 0 Å². The van der Waals surface area contributed by atoms with Crippen LogP contribution in [-0.2, 0) is 6.42 Å². The Bertz CT molecular complexity index is 551. The molecule has 0 saturated heterocycles. The van der Waals surface area contributed by atoms with Gasteiger partial charge in [0.15, 0.2) is 0 Å². The Morgan fingerprint density at radius 3 is 3.11 bits per heavy atom. The minimum absolute atomic E-state index is 0.0713. The van der Waals surface area contributed by atoms with Gasteiger partial charge in [-0.1, -0.05) is 24.3 Å². The molecule has 4 heteroatoms. The van der Waals surface area contributed by atoms with Gasteiger partial charge in [0, 0.05) is 5.38 Å². The van der Waals surface area contributed by atoms with Crippen LogP contribution in [0.5, 0.6) is 0 Å². The van der Waals surface area contributed by atoms with Crippen LogP contribution in [0.25, 0.3) is 0 Å². The lowest BCUT2D eigenvalue weighted by atomic mass is 9.88. The van der Waals surface area contributed by atoms with E-state index in [-0.39, 0.29) is 11.9 Å². The molecule has 1 aliphatic carbocycles. The Labute approximate surface area is 110 Å². The van der Waals surface area contributed by atoms with Crippen molar-refractivity contribution in [3.05, 3.63) is 52.0 Å². The minimum atomic E-state index is -0.0713. The first-order chi connectivity index (χ1) is 8.84. The Morgan fingerprint density at radius 2 is 2.28 bits per heavy atom. The molecule has 3 nitrogen and oxygen atoms in total. The molecule has 1 N–H and O–H groups in total. The highest BCUT2D eigenvalue weighted by Gasteiger charge is 2.22. The SMILES string of the molecule is O=C(NC1CCCc2ccccc21)c1cscn1. The van der Waals surface area contributed by atoms with Crippen LogP contribution in [-0.4, -0.2) is 10.9 Å². The third-order valence-electron chi connectivity index (χ3n) is 3.34. The van der Waals surface area contributed by atoms with Gasteiger partial charge in [0.25, 0.3) is 5.91 Å². The molecule has 1 heterocycles. The molecule has 1 aliphatic rings. The Balaban J connectivity index is 1.80. The molecule has 3 rings (SSSR count). The van der Waals surface area contributed by atoms with Gasteiger partial charge in [-0.05, 0) is 30.4 Å². The predicted octanol–water partition coefficient (Wildman–Crippen LogP) is 2.95. The van der Waals surface area contributed by atoms with Crippen LogP contribution < -0.4 is 5.32 Å². The summed E-state index contributed by atoms with van der Waals surface area (Å²) in [4.78, 5) is 16.1. The first kappa shape index (κ1) is 11.4. The summed E-state index contributed by atoms with van der Waals surface area (Å²) in [5.74, 6) is -0.0713. The van der Waals surface area contributed by atoms with Crippen molar-refractivity contribution in [1.82, 2.24) is 10.3 Å². The molecule has 0 bridgehead atoms. The summed E-state index contributed by atoms with van der Waals surface area (Å²) in [5.41, 5.74) is 4.81. The van der Waals surface area contributed by atoms with Crippen molar-refractivity contribution in [1.29, 1.82) is 0 Å². The summed E-state index contributed by atoms with van der Waals surface area (Å²) in [7, 11) is 0. The van der Waals surface area contributed by atoms with Gasteiger partial charge in [-0.25, -0.2) is 4.98 Å². The molecular weight excluding hydrogens is 244 g/mol. The topological polar surface area (TPSA) is 42.0 Å². The van der Waals surface area contributed by atoms with Crippen molar-refractivity contribution in [2.45, 2.75) is 25.3 Å². The Kier molecular flexibility index (Phi) is 3.11. The number of aromatic nitrogens is 1. The monoisotopic (exact) mass is 258 g/mol. The second-order valence-electron chi connectivity index (χ2n) is 4.49. The maximum Gasteiger partial charge on any atom is 0.271 e. The fourth-order valence-corrected chi connectivity index (χ4v) is 2.99. The highest BCUT2D eigenvalue weighted by Crippen LogP contribution is 2.29. The zero-order valence-electron chi connectivity index (χ0n) is 9.93. The molecule has 1 aromatic heterocycles. The number of rotatable bonds is 2. The molecule has 18 heavy (non-hydrogen) atoms. The smallest absolute Gasteiger partial charge is 0.271 e. The predicted molar refractivity (Wildman–Crippen MR) is 71.7 cm³/mol. The number of aryl methyl sites for hydroxylation is 1. The lowest BCUT2D eigenvalue weighted by Crippen LogP contribution is -2.31. The number of carbonyl (C=O) groups is 1. The summed E-state index contributed by atoms with van der Waals surface area (Å²) in [6.07, 6.45) is 3.24. The standard InChI is InChI=1S/C14H14N2OS/c17-14(13-8-18-9-15-13)16-12-7-3-5-10-4-1-2-6-11(10)12/h1-2,4,6,8-9,12H,3,5,7H2,(H,16,17). The van der Waals surface area contributed by atoms with E-state index in [1.54, 1.807) is 10.9 Å². The maximum atomic E-state index is 12.0. The molecule has 1 amide bonds. The normalized spacial score (nSPS) is 18.1. The van der Waals surface area contributed by atoms with Crippen LogP contribution in [0.2, 0.25) is 0 Å². The summed E-state index contributed by atoms with van der Waals surface area (Å²) in [6, 6.07) is 8.48. The average molecular weight is 258 g/mol. The van der Waals surface area contributed by atoms with Crippen LogP contribution in [0.1, 0.15) is 40.5 Å². The van der Waals surface area contributed by atoms with E-state index in [0.29, 0.717) is 5.69 Å². The fraction of sp³-hybridized carbons (Fsp3) is 0.286. The lowest BCUT2D eigenvalue weighted by Gasteiger charge is -2.26. The van der Waals surface area contributed by atoms with Crippen LogP contribution in [0.4, 0.5) is 0 Å². The van der Waals surface area contributed by atoms with Crippen molar-refractivity contribution in [3.63, 3.8) is 0 Å². The molecule has 1 unspecified atom stereocenters. The molecule has 0 fully saturated rings. The molecule has 1 atom stereocenters. The summed E-state index contributed by atoms with van der Waals surface area (Å²) < 4.78 is 0. The van der Waals surface area contributed by atoms with Crippen LogP contribution in [0, 0.1) is 0 Å². The second kappa shape index (κ2) is 4.90. The first-order valence-electron chi connectivity index (χ1n) is 6.11. The van der Waals surface area contributed by atoms with E-state index < -0.39 is 0 Å². The molecule has 2 aromatic rings. The number of hydrogen-bond acceptors (Lipinski definition) is 3. The number of carbonyl (C=O) groups excluding carboxylic acids is 1. The van der Waals surface area contributed by atoms with Gasteiger partial charge < -0.3 is 5.32 Å². The van der Waals surface area contributed by atoms with Crippen LogP contribution in [0.15, 0.2) is 35.2 Å². The zero-order valence-corrected chi connectivity index (χ0v) is 10.7. The molecule has 92 valence electrons. The van der Waals surface area contributed by atoms with E-state index in [1.807, 2.05) is 6.07 Å². The Hall–Kier alpha value is -1.68. The summed E-state index contributed by atoms with van der Waals surface area (Å²) in [6.45, 7) is 0. The van der Waals surface area contributed by atoms with E-state index in [1.165, 1.54) is 22.5 Å². The number of amides is 1. The summed E-state index contributed by atoms with van der Waals surface area (Å²) in [5, 5.41) is 4.86. The van der Waals surface area contributed by atoms with Gasteiger partial charge in [0.05, 0.1) is 11.6 Å². The number of thiazole rings is 1. The number of fused-ring (bicyclic) bond motifs is 1. The highest BCUT2D eigenvalue weighted by atomic mass is 32.1. The van der Waals surface area contributed by atoms with Gasteiger partial charge >= 0.3 is 0 Å². The third-order valence-corrected chi connectivity index (χ3v) is 3.93. The van der Waals surface area contributed by atoms with Gasteiger partial charge in [0.1, 0.15) is 5.69 Å². The number of nitrogens with one attached hydrogen (secondary N) is 1. The molecular formula is C14H14N2OS. The van der Waals surface area contributed by atoms with Crippen molar-refractivity contribution >= 4 is 17.2 Å². The molecule has 1 aromatic carbocycles.